The van der Waals surface area contributed by atoms with Crippen LogP contribution < -0.4 is 4.90 Å². The quantitative estimate of drug-likeness (QED) is 0.692. The van der Waals surface area contributed by atoms with Crippen LogP contribution in [0.3, 0.4) is 0 Å². The molecule has 0 aromatic carbocycles. The van der Waals surface area contributed by atoms with Crippen LogP contribution in [-0.4, -0.2) is 42.8 Å². The topological polar surface area (TPSA) is 34.0 Å². The summed E-state index contributed by atoms with van der Waals surface area (Å²) in [7, 11) is 2.10. The highest BCUT2D eigenvalue weighted by molar-refractivity contribution is 6.21. The standard InChI is InChI=1S/C9H17ClN2O2/c1-4-5-11(3)6-9(2)7-14-8(13)12(9)10/h4-7H2,1-3H3/p+1. The molecule has 0 spiro atoms. The van der Waals surface area contributed by atoms with E-state index in [-0.39, 0.29) is 5.54 Å². The van der Waals surface area contributed by atoms with Gasteiger partial charge in [-0.2, -0.15) is 0 Å². The molecule has 0 aromatic rings. The number of nitrogens with one attached hydrogen (secondary N) is 1. The van der Waals surface area contributed by atoms with Crippen LogP contribution in [0.1, 0.15) is 20.3 Å². The molecule has 1 amide bonds. The van der Waals surface area contributed by atoms with Crippen molar-refractivity contribution in [3.63, 3.8) is 0 Å². The van der Waals surface area contributed by atoms with Crippen molar-refractivity contribution in [3.05, 3.63) is 0 Å². The van der Waals surface area contributed by atoms with Gasteiger partial charge in [0.2, 0.25) is 0 Å². The Balaban J connectivity index is 2.54. The van der Waals surface area contributed by atoms with Crippen molar-refractivity contribution >= 4 is 17.9 Å². The van der Waals surface area contributed by atoms with E-state index >= 15 is 0 Å². The van der Waals surface area contributed by atoms with Crippen LogP contribution in [0.2, 0.25) is 0 Å². The molecule has 1 aliphatic heterocycles. The third kappa shape index (κ3) is 2.30. The maximum Gasteiger partial charge on any atom is 0.425 e. The van der Waals surface area contributed by atoms with E-state index in [9.17, 15) is 4.79 Å². The van der Waals surface area contributed by atoms with Crippen molar-refractivity contribution in [1.29, 1.82) is 0 Å². The van der Waals surface area contributed by atoms with Gasteiger partial charge in [0.1, 0.15) is 18.7 Å². The highest BCUT2D eigenvalue weighted by Gasteiger charge is 2.45. The van der Waals surface area contributed by atoms with Crippen molar-refractivity contribution in [2.75, 3.05) is 26.7 Å². The molecule has 1 fully saturated rings. The second kappa shape index (κ2) is 4.36. The fourth-order valence-corrected chi connectivity index (χ4v) is 1.99. The van der Waals surface area contributed by atoms with Crippen LogP contribution in [0.25, 0.3) is 0 Å². The number of ether oxygens (including phenoxy) is 1. The number of hydrogen-bond acceptors (Lipinski definition) is 2. The molecule has 4 nitrogen and oxygen atoms in total. The first-order valence-corrected chi connectivity index (χ1v) is 5.27. The summed E-state index contributed by atoms with van der Waals surface area (Å²) < 4.78 is 6.09. The van der Waals surface area contributed by atoms with Gasteiger partial charge in [-0.15, -0.1) is 0 Å². The highest BCUT2D eigenvalue weighted by atomic mass is 35.5. The van der Waals surface area contributed by atoms with E-state index in [2.05, 4.69) is 14.0 Å². The van der Waals surface area contributed by atoms with Gasteiger partial charge in [-0.05, 0) is 13.3 Å². The Hall–Kier alpha value is -0.480. The average molecular weight is 222 g/mol. The minimum absolute atomic E-state index is 0.363. The number of amides is 1. The second-order valence-corrected chi connectivity index (χ2v) is 4.55. The molecular formula is C9H18ClN2O2+. The summed E-state index contributed by atoms with van der Waals surface area (Å²) in [5, 5.41) is 0. The minimum Gasteiger partial charge on any atom is -0.446 e. The number of quaternary nitrogens is 1. The molecule has 0 aliphatic carbocycles. The molecular weight excluding hydrogens is 204 g/mol. The molecule has 0 radical (unpaired) electrons. The van der Waals surface area contributed by atoms with E-state index in [0.29, 0.717) is 6.61 Å². The molecule has 1 aliphatic rings. The summed E-state index contributed by atoms with van der Waals surface area (Å²) in [4.78, 5) is 12.5. The lowest BCUT2D eigenvalue weighted by molar-refractivity contribution is -0.884. The summed E-state index contributed by atoms with van der Waals surface area (Å²) in [5.41, 5.74) is -0.363. The maximum atomic E-state index is 11.1. The first kappa shape index (κ1) is 11.6. The Morgan fingerprint density at radius 3 is 2.79 bits per heavy atom. The summed E-state index contributed by atoms with van der Waals surface area (Å²) >= 11 is 5.86. The molecule has 82 valence electrons. The number of cyclic esters (lactones) is 1. The van der Waals surface area contributed by atoms with Gasteiger partial charge in [-0.25, -0.2) is 9.21 Å². The van der Waals surface area contributed by atoms with Crippen molar-refractivity contribution in [3.8, 4) is 0 Å². The van der Waals surface area contributed by atoms with E-state index in [1.54, 1.807) is 0 Å². The van der Waals surface area contributed by atoms with Crippen LogP contribution >= 0.6 is 11.8 Å². The first-order chi connectivity index (χ1) is 6.49. The molecule has 0 aromatic heterocycles. The first-order valence-electron chi connectivity index (χ1n) is 4.93. The zero-order valence-electron chi connectivity index (χ0n) is 8.97. The van der Waals surface area contributed by atoms with Gasteiger partial charge in [0, 0.05) is 11.8 Å². The third-order valence-corrected chi connectivity index (χ3v) is 3.05. The normalized spacial score (nSPS) is 29.1. The molecule has 1 heterocycles. The van der Waals surface area contributed by atoms with E-state index in [4.69, 9.17) is 16.5 Å². The molecule has 1 N–H and O–H groups in total. The Bertz CT molecular complexity index is 225. The molecule has 2 unspecified atom stereocenters. The highest BCUT2D eigenvalue weighted by Crippen LogP contribution is 2.24. The zero-order valence-corrected chi connectivity index (χ0v) is 9.73. The summed E-state index contributed by atoms with van der Waals surface area (Å²) in [6, 6.07) is 0. The fraction of sp³-hybridized carbons (Fsp3) is 0.889. The van der Waals surface area contributed by atoms with Crippen LogP contribution in [0, 0.1) is 0 Å². The van der Waals surface area contributed by atoms with Gasteiger partial charge in [0.05, 0.1) is 13.6 Å². The van der Waals surface area contributed by atoms with Gasteiger partial charge >= 0.3 is 6.09 Å². The Kier molecular flexibility index (Phi) is 3.61. The number of nitrogens with zero attached hydrogens (tertiary/aromatic N) is 1. The van der Waals surface area contributed by atoms with Crippen LogP contribution in [0.4, 0.5) is 4.79 Å². The van der Waals surface area contributed by atoms with Gasteiger partial charge < -0.3 is 9.64 Å². The zero-order chi connectivity index (χ0) is 10.8. The monoisotopic (exact) mass is 221 g/mol. The SMILES string of the molecule is CCC[NH+](C)CC1(C)COC(=O)N1Cl. The third-order valence-electron chi connectivity index (χ3n) is 2.50. The molecule has 2 atom stereocenters. The maximum absolute atomic E-state index is 11.1. The van der Waals surface area contributed by atoms with Crippen LogP contribution in [0.5, 0.6) is 0 Å². The van der Waals surface area contributed by atoms with Crippen molar-refractivity contribution in [2.45, 2.75) is 25.8 Å². The molecule has 5 heteroatoms. The van der Waals surface area contributed by atoms with Crippen molar-refractivity contribution < 1.29 is 14.4 Å². The molecule has 0 saturated carbocycles. The minimum atomic E-state index is -0.432. The number of hydrogen-bond donors (Lipinski definition) is 1. The lowest BCUT2D eigenvalue weighted by atomic mass is 10.0. The number of likely N-dealkylation sites (N-methyl/N-ethyl adjacent to an activating group) is 1. The largest absolute Gasteiger partial charge is 0.446 e. The van der Waals surface area contributed by atoms with Crippen molar-refractivity contribution in [1.82, 2.24) is 4.42 Å². The number of halogens is 1. The second-order valence-electron chi connectivity index (χ2n) is 4.22. The van der Waals surface area contributed by atoms with Crippen LogP contribution in [-0.2, 0) is 4.74 Å². The molecule has 0 bridgehead atoms. The smallest absolute Gasteiger partial charge is 0.425 e. The molecule has 1 saturated heterocycles. The Morgan fingerprint density at radius 1 is 1.71 bits per heavy atom. The predicted octanol–water partition coefficient (Wildman–Crippen LogP) is 0.276. The van der Waals surface area contributed by atoms with Crippen LogP contribution in [0.15, 0.2) is 0 Å². The summed E-state index contributed by atoms with van der Waals surface area (Å²) in [6.45, 7) is 6.37. The van der Waals surface area contributed by atoms with E-state index in [1.807, 2.05) is 6.92 Å². The molecule has 1 rings (SSSR count). The van der Waals surface area contributed by atoms with E-state index in [0.717, 1.165) is 19.5 Å². The van der Waals surface area contributed by atoms with Gasteiger partial charge in [0.25, 0.3) is 0 Å². The van der Waals surface area contributed by atoms with Gasteiger partial charge in [-0.1, -0.05) is 6.92 Å². The number of carbonyl (C=O) groups excluding carboxylic acids is 1. The molecule has 14 heavy (non-hydrogen) atoms. The summed E-state index contributed by atoms with van der Waals surface area (Å²) in [6.07, 6.45) is 0.692. The summed E-state index contributed by atoms with van der Waals surface area (Å²) in [5.74, 6) is 0. The van der Waals surface area contributed by atoms with E-state index in [1.165, 1.54) is 9.32 Å². The fourth-order valence-electron chi connectivity index (χ4n) is 1.84. The number of carbonyl (C=O) groups is 1. The Morgan fingerprint density at radius 2 is 2.36 bits per heavy atom. The number of rotatable bonds is 4. The van der Waals surface area contributed by atoms with Gasteiger partial charge in [-0.3, -0.25) is 0 Å². The lowest BCUT2D eigenvalue weighted by Gasteiger charge is -2.28. The lowest BCUT2D eigenvalue weighted by Crippen LogP contribution is -3.11. The van der Waals surface area contributed by atoms with E-state index < -0.39 is 6.09 Å². The average Bonchev–Trinajstić information content (AvgIpc) is 2.34. The van der Waals surface area contributed by atoms with Crippen molar-refractivity contribution in [2.24, 2.45) is 0 Å². The Labute approximate surface area is 89.9 Å². The predicted molar refractivity (Wildman–Crippen MR) is 54.4 cm³/mol. The van der Waals surface area contributed by atoms with Gasteiger partial charge in [0.15, 0.2) is 0 Å².